The van der Waals surface area contributed by atoms with Crippen molar-refractivity contribution in [1.29, 1.82) is 0 Å². The van der Waals surface area contributed by atoms with Gasteiger partial charge in [0.05, 0.1) is 29.2 Å². The molecule has 0 spiro atoms. The van der Waals surface area contributed by atoms with Crippen LogP contribution in [0.3, 0.4) is 0 Å². The van der Waals surface area contributed by atoms with E-state index < -0.39 is 5.60 Å². The number of carbonyl (C=O) groups is 1. The van der Waals surface area contributed by atoms with Gasteiger partial charge in [-0.3, -0.25) is 4.79 Å². The molecule has 1 unspecified atom stereocenters. The van der Waals surface area contributed by atoms with Crippen LogP contribution in [0.15, 0.2) is 60.7 Å². The van der Waals surface area contributed by atoms with Crippen molar-refractivity contribution in [2.45, 2.75) is 26.4 Å². The van der Waals surface area contributed by atoms with Crippen LogP contribution in [-0.4, -0.2) is 27.3 Å². The van der Waals surface area contributed by atoms with Crippen molar-refractivity contribution >= 4 is 5.91 Å². The van der Waals surface area contributed by atoms with Gasteiger partial charge in [0, 0.05) is 0 Å². The molecule has 0 aliphatic heterocycles. The number of aliphatic hydroxyl groups is 1. The molecule has 3 aromatic rings. The van der Waals surface area contributed by atoms with Gasteiger partial charge in [-0.1, -0.05) is 48.5 Å². The molecule has 0 aliphatic rings. The summed E-state index contributed by atoms with van der Waals surface area (Å²) < 4.78 is 1.76. The summed E-state index contributed by atoms with van der Waals surface area (Å²) >= 11 is 0. The van der Waals surface area contributed by atoms with Gasteiger partial charge in [-0.05, 0) is 38.5 Å². The topological polar surface area (TPSA) is 67.2 Å². The van der Waals surface area contributed by atoms with E-state index in [-0.39, 0.29) is 12.5 Å². The van der Waals surface area contributed by atoms with Crippen molar-refractivity contribution in [2.75, 3.05) is 6.54 Å². The molecule has 0 saturated carbocycles. The van der Waals surface area contributed by atoms with Gasteiger partial charge in [-0.15, -0.1) is 0 Å². The average Bonchev–Trinajstić information content (AvgIpc) is 2.96. The molecule has 5 heteroatoms. The first-order chi connectivity index (χ1) is 12.4. The number of aryl methyl sites for hydroxylation is 1. The Morgan fingerprint density at radius 1 is 1.08 bits per heavy atom. The lowest BCUT2D eigenvalue weighted by molar-refractivity contribution is 0.0526. The smallest absolute Gasteiger partial charge is 0.255 e. The minimum atomic E-state index is -1.14. The molecule has 0 radical (unpaired) electrons. The largest absolute Gasteiger partial charge is 0.384 e. The predicted octanol–water partition coefficient (Wildman–Crippen LogP) is 3.13. The lowest BCUT2D eigenvalue weighted by Crippen LogP contribution is -2.38. The highest BCUT2D eigenvalue weighted by Gasteiger charge is 2.26. The minimum Gasteiger partial charge on any atom is -0.384 e. The maximum atomic E-state index is 12.7. The first-order valence-electron chi connectivity index (χ1n) is 8.58. The van der Waals surface area contributed by atoms with E-state index >= 15 is 0 Å². The molecular weight excluding hydrogens is 326 g/mol. The summed E-state index contributed by atoms with van der Waals surface area (Å²) in [6.07, 6.45) is 0. The van der Waals surface area contributed by atoms with Crippen LogP contribution in [0.1, 0.15) is 34.2 Å². The molecule has 3 rings (SSSR count). The highest BCUT2D eigenvalue weighted by molar-refractivity contribution is 5.96. The molecule has 5 nitrogen and oxygen atoms in total. The van der Waals surface area contributed by atoms with Crippen molar-refractivity contribution in [3.63, 3.8) is 0 Å². The summed E-state index contributed by atoms with van der Waals surface area (Å²) in [6, 6.07) is 19.0. The highest BCUT2D eigenvalue weighted by Crippen LogP contribution is 2.21. The molecule has 0 saturated heterocycles. The summed E-state index contributed by atoms with van der Waals surface area (Å²) in [6.45, 7) is 5.49. The van der Waals surface area contributed by atoms with Crippen molar-refractivity contribution in [2.24, 2.45) is 0 Å². The van der Waals surface area contributed by atoms with Gasteiger partial charge in [0.1, 0.15) is 5.60 Å². The normalized spacial score (nSPS) is 13.2. The second kappa shape index (κ2) is 7.14. The Balaban J connectivity index is 1.80. The molecule has 1 aromatic heterocycles. The molecule has 0 aliphatic carbocycles. The molecule has 1 heterocycles. The van der Waals surface area contributed by atoms with Gasteiger partial charge in [0.25, 0.3) is 5.91 Å². The first-order valence-corrected chi connectivity index (χ1v) is 8.58. The third kappa shape index (κ3) is 3.53. The molecule has 26 heavy (non-hydrogen) atoms. The monoisotopic (exact) mass is 349 g/mol. The Bertz CT molecular complexity index is 900. The molecule has 2 aromatic carbocycles. The summed E-state index contributed by atoms with van der Waals surface area (Å²) in [7, 11) is 0. The Hall–Kier alpha value is -2.92. The third-order valence-corrected chi connectivity index (χ3v) is 4.51. The van der Waals surface area contributed by atoms with E-state index in [9.17, 15) is 9.90 Å². The van der Waals surface area contributed by atoms with Crippen molar-refractivity contribution in [1.82, 2.24) is 15.1 Å². The van der Waals surface area contributed by atoms with E-state index in [0.717, 1.165) is 16.9 Å². The molecule has 0 bridgehead atoms. The number of nitrogens with zero attached hydrogens (tertiary/aromatic N) is 2. The second-order valence-electron chi connectivity index (χ2n) is 6.62. The fourth-order valence-corrected chi connectivity index (χ4v) is 3.03. The fraction of sp³-hybridized carbons (Fsp3) is 0.238. The average molecular weight is 349 g/mol. The number of hydrogen-bond acceptors (Lipinski definition) is 3. The number of nitrogens with one attached hydrogen (secondary N) is 1. The molecule has 0 fully saturated rings. The van der Waals surface area contributed by atoms with Crippen LogP contribution in [0.25, 0.3) is 5.69 Å². The van der Waals surface area contributed by atoms with Crippen LogP contribution in [0.5, 0.6) is 0 Å². The molecular formula is C21H23N3O2. The van der Waals surface area contributed by atoms with E-state index in [2.05, 4.69) is 10.4 Å². The van der Waals surface area contributed by atoms with E-state index in [1.807, 2.05) is 74.5 Å². The zero-order chi connectivity index (χ0) is 18.7. The molecule has 1 atom stereocenters. The van der Waals surface area contributed by atoms with Gasteiger partial charge in [-0.2, -0.15) is 5.10 Å². The SMILES string of the molecule is Cc1nn(-c2ccccc2)c(C)c1C(=O)NCC(C)(O)c1ccccc1. The zero-order valence-corrected chi connectivity index (χ0v) is 15.2. The van der Waals surface area contributed by atoms with Crippen LogP contribution in [-0.2, 0) is 5.60 Å². The second-order valence-corrected chi connectivity index (χ2v) is 6.62. The van der Waals surface area contributed by atoms with Crippen LogP contribution in [0.4, 0.5) is 0 Å². The number of hydrogen-bond donors (Lipinski definition) is 2. The summed E-state index contributed by atoms with van der Waals surface area (Å²) in [5, 5.41) is 18.0. The van der Waals surface area contributed by atoms with Gasteiger partial charge in [0.15, 0.2) is 0 Å². The summed E-state index contributed by atoms with van der Waals surface area (Å²) in [5.41, 5.74) is 2.48. The van der Waals surface area contributed by atoms with Gasteiger partial charge < -0.3 is 10.4 Å². The maximum absolute atomic E-state index is 12.7. The lowest BCUT2D eigenvalue weighted by Gasteiger charge is -2.24. The number of benzene rings is 2. The summed E-state index contributed by atoms with van der Waals surface area (Å²) in [4.78, 5) is 12.7. The number of para-hydroxylation sites is 1. The molecule has 2 N–H and O–H groups in total. The van der Waals surface area contributed by atoms with E-state index in [1.54, 1.807) is 11.6 Å². The number of aromatic nitrogens is 2. The van der Waals surface area contributed by atoms with Crippen LogP contribution < -0.4 is 5.32 Å². The van der Waals surface area contributed by atoms with Crippen molar-refractivity contribution in [3.05, 3.63) is 83.2 Å². The van der Waals surface area contributed by atoms with Crippen molar-refractivity contribution < 1.29 is 9.90 Å². The Kier molecular flexibility index (Phi) is 4.91. The Morgan fingerprint density at radius 3 is 2.27 bits per heavy atom. The van der Waals surface area contributed by atoms with E-state index in [4.69, 9.17) is 0 Å². The maximum Gasteiger partial charge on any atom is 0.255 e. The number of rotatable bonds is 5. The Morgan fingerprint density at radius 2 is 1.65 bits per heavy atom. The van der Waals surface area contributed by atoms with Crippen LogP contribution in [0, 0.1) is 13.8 Å². The van der Waals surface area contributed by atoms with Gasteiger partial charge in [0.2, 0.25) is 0 Å². The van der Waals surface area contributed by atoms with Crippen molar-refractivity contribution in [3.8, 4) is 5.69 Å². The standard InChI is InChI=1S/C21H23N3O2/c1-15-19(16(2)24(23-15)18-12-8-5-9-13-18)20(25)22-14-21(3,26)17-10-6-4-7-11-17/h4-13,26H,14H2,1-3H3,(H,22,25). The number of amides is 1. The minimum absolute atomic E-state index is 0.116. The highest BCUT2D eigenvalue weighted by atomic mass is 16.3. The van der Waals surface area contributed by atoms with E-state index in [0.29, 0.717) is 11.3 Å². The fourth-order valence-electron chi connectivity index (χ4n) is 3.03. The molecule has 1 amide bonds. The number of carbonyl (C=O) groups excluding carboxylic acids is 1. The van der Waals surface area contributed by atoms with Crippen LogP contribution >= 0.6 is 0 Å². The quantitative estimate of drug-likeness (QED) is 0.744. The summed E-state index contributed by atoms with van der Waals surface area (Å²) in [5.74, 6) is -0.238. The first kappa shape index (κ1) is 17.9. The predicted molar refractivity (Wildman–Crippen MR) is 101 cm³/mol. The third-order valence-electron chi connectivity index (χ3n) is 4.51. The van der Waals surface area contributed by atoms with E-state index in [1.165, 1.54) is 0 Å². The van der Waals surface area contributed by atoms with Gasteiger partial charge in [-0.25, -0.2) is 4.68 Å². The molecule has 134 valence electrons. The lowest BCUT2D eigenvalue weighted by atomic mass is 9.96. The van der Waals surface area contributed by atoms with Gasteiger partial charge >= 0.3 is 0 Å². The Labute approximate surface area is 153 Å². The van der Waals surface area contributed by atoms with Crippen LogP contribution in [0.2, 0.25) is 0 Å². The zero-order valence-electron chi connectivity index (χ0n) is 15.2.